The topological polar surface area (TPSA) is 15.8 Å². The summed E-state index contributed by atoms with van der Waals surface area (Å²) >= 11 is 0. The SMILES string of the molecule is Cc1cc(C[N+](C)(C)C)c[nH]1. The van der Waals surface area contributed by atoms with E-state index in [9.17, 15) is 0 Å². The fourth-order valence-corrected chi connectivity index (χ4v) is 1.21. The summed E-state index contributed by atoms with van der Waals surface area (Å²) in [5.74, 6) is 0. The van der Waals surface area contributed by atoms with Gasteiger partial charge in [-0.1, -0.05) is 0 Å². The number of nitrogens with one attached hydrogen (secondary N) is 1. The lowest BCUT2D eigenvalue weighted by Crippen LogP contribution is -2.33. The Morgan fingerprint density at radius 1 is 1.36 bits per heavy atom. The average molecular weight is 153 g/mol. The maximum atomic E-state index is 3.18. The van der Waals surface area contributed by atoms with Gasteiger partial charge in [0, 0.05) is 17.5 Å². The zero-order chi connectivity index (χ0) is 8.48. The number of hydrogen-bond donors (Lipinski definition) is 1. The minimum atomic E-state index is 0.983. The molecular formula is C9H17N2+. The van der Waals surface area contributed by atoms with Crippen molar-refractivity contribution in [3.63, 3.8) is 0 Å². The zero-order valence-electron chi connectivity index (χ0n) is 7.81. The Hall–Kier alpha value is -0.760. The minimum absolute atomic E-state index is 0.983. The second kappa shape index (κ2) is 2.70. The van der Waals surface area contributed by atoms with Crippen LogP contribution in [0.4, 0.5) is 0 Å². The Bertz CT molecular complexity index is 230. The molecule has 0 spiro atoms. The van der Waals surface area contributed by atoms with Crippen molar-refractivity contribution in [1.82, 2.24) is 4.98 Å². The molecule has 11 heavy (non-hydrogen) atoms. The highest BCUT2D eigenvalue weighted by molar-refractivity contribution is 5.14. The van der Waals surface area contributed by atoms with E-state index >= 15 is 0 Å². The van der Waals surface area contributed by atoms with E-state index < -0.39 is 0 Å². The fourth-order valence-electron chi connectivity index (χ4n) is 1.21. The van der Waals surface area contributed by atoms with Gasteiger partial charge in [0.15, 0.2) is 0 Å². The Morgan fingerprint density at radius 3 is 2.36 bits per heavy atom. The van der Waals surface area contributed by atoms with Crippen LogP contribution in [0.25, 0.3) is 0 Å². The number of H-pyrrole nitrogens is 1. The van der Waals surface area contributed by atoms with Gasteiger partial charge in [0.2, 0.25) is 0 Å². The smallest absolute Gasteiger partial charge is 0.105 e. The van der Waals surface area contributed by atoms with Crippen LogP contribution in [0.2, 0.25) is 0 Å². The van der Waals surface area contributed by atoms with E-state index in [1.54, 1.807) is 0 Å². The third-order valence-corrected chi connectivity index (χ3v) is 1.54. The van der Waals surface area contributed by atoms with Crippen molar-refractivity contribution in [3.05, 3.63) is 23.5 Å². The quantitative estimate of drug-likeness (QED) is 0.620. The number of aromatic nitrogens is 1. The molecule has 0 aliphatic rings. The summed E-state index contributed by atoms with van der Waals surface area (Å²) in [5.41, 5.74) is 2.63. The Labute approximate surface area is 68.4 Å². The monoisotopic (exact) mass is 153 g/mol. The normalized spacial score (nSPS) is 12.0. The van der Waals surface area contributed by atoms with Crippen LogP contribution in [0.5, 0.6) is 0 Å². The Balaban J connectivity index is 2.65. The molecular weight excluding hydrogens is 136 g/mol. The summed E-state index contributed by atoms with van der Waals surface area (Å²) < 4.78 is 0.983. The molecule has 0 amide bonds. The second-order valence-corrected chi connectivity index (χ2v) is 4.14. The first kappa shape index (κ1) is 8.34. The number of nitrogens with zero attached hydrogens (tertiary/aromatic N) is 1. The second-order valence-electron chi connectivity index (χ2n) is 4.14. The third-order valence-electron chi connectivity index (χ3n) is 1.54. The van der Waals surface area contributed by atoms with Crippen LogP contribution >= 0.6 is 0 Å². The van der Waals surface area contributed by atoms with Gasteiger partial charge < -0.3 is 9.47 Å². The van der Waals surface area contributed by atoms with Gasteiger partial charge >= 0.3 is 0 Å². The van der Waals surface area contributed by atoms with Crippen molar-refractivity contribution in [3.8, 4) is 0 Å². The van der Waals surface area contributed by atoms with E-state index in [1.807, 2.05) is 0 Å². The van der Waals surface area contributed by atoms with Gasteiger partial charge in [0.25, 0.3) is 0 Å². The van der Waals surface area contributed by atoms with Gasteiger partial charge in [-0.05, 0) is 13.0 Å². The van der Waals surface area contributed by atoms with E-state index in [4.69, 9.17) is 0 Å². The van der Waals surface area contributed by atoms with Crippen LogP contribution in [-0.4, -0.2) is 30.6 Å². The van der Waals surface area contributed by atoms with Crippen LogP contribution in [0, 0.1) is 6.92 Å². The van der Waals surface area contributed by atoms with Crippen molar-refractivity contribution in [2.45, 2.75) is 13.5 Å². The molecule has 0 bridgehead atoms. The van der Waals surface area contributed by atoms with Gasteiger partial charge in [-0.2, -0.15) is 0 Å². The van der Waals surface area contributed by atoms with Gasteiger partial charge in [0.05, 0.1) is 21.1 Å². The van der Waals surface area contributed by atoms with E-state index in [0.29, 0.717) is 0 Å². The highest BCUT2D eigenvalue weighted by Gasteiger charge is 2.08. The molecule has 1 aromatic heterocycles. The minimum Gasteiger partial charge on any atom is -0.365 e. The first-order valence-electron chi connectivity index (χ1n) is 3.92. The zero-order valence-corrected chi connectivity index (χ0v) is 7.81. The predicted molar refractivity (Wildman–Crippen MR) is 47.3 cm³/mol. The maximum Gasteiger partial charge on any atom is 0.105 e. The number of quaternary nitrogens is 1. The molecule has 0 saturated carbocycles. The first-order valence-corrected chi connectivity index (χ1v) is 3.92. The van der Waals surface area contributed by atoms with Crippen molar-refractivity contribution in [2.75, 3.05) is 21.1 Å². The molecule has 62 valence electrons. The standard InChI is InChI=1S/C9H17N2/c1-8-5-9(6-10-8)7-11(2,3)4/h5-6,10H,7H2,1-4H3/q+1. The highest BCUT2D eigenvalue weighted by atomic mass is 15.3. The highest BCUT2D eigenvalue weighted by Crippen LogP contribution is 2.07. The third kappa shape index (κ3) is 2.76. The molecule has 0 saturated heterocycles. The van der Waals surface area contributed by atoms with Gasteiger partial charge in [-0.15, -0.1) is 0 Å². The first-order chi connectivity index (χ1) is 4.97. The lowest BCUT2D eigenvalue weighted by molar-refractivity contribution is -0.883. The van der Waals surface area contributed by atoms with Crippen LogP contribution in [0.3, 0.4) is 0 Å². The van der Waals surface area contributed by atoms with Crippen LogP contribution < -0.4 is 0 Å². The summed E-state index contributed by atoms with van der Waals surface area (Å²) in [4.78, 5) is 3.18. The number of aromatic amines is 1. The van der Waals surface area contributed by atoms with Crippen molar-refractivity contribution < 1.29 is 4.48 Å². The van der Waals surface area contributed by atoms with E-state index in [2.05, 4.69) is 45.3 Å². The maximum absolute atomic E-state index is 3.18. The summed E-state index contributed by atoms with van der Waals surface area (Å²) in [6, 6.07) is 2.20. The molecule has 1 rings (SSSR count). The summed E-state index contributed by atoms with van der Waals surface area (Å²) in [7, 11) is 6.59. The van der Waals surface area contributed by atoms with Crippen molar-refractivity contribution in [2.24, 2.45) is 0 Å². The van der Waals surface area contributed by atoms with Crippen molar-refractivity contribution in [1.29, 1.82) is 0 Å². The number of aryl methyl sites for hydroxylation is 1. The molecule has 1 heterocycles. The van der Waals surface area contributed by atoms with E-state index in [0.717, 1.165) is 11.0 Å². The molecule has 0 radical (unpaired) electrons. The van der Waals surface area contributed by atoms with Crippen LogP contribution in [-0.2, 0) is 6.54 Å². The molecule has 1 N–H and O–H groups in total. The van der Waals surface area contributed by atoms with Crippen molar-refractivity contribution >= 4 is 0 Å². The van der Waals surface area contributed by atoms with Gasteiger partial charge in [0.1, 0.15) is 6.54 Å². The molecule has 1 aromatic rings. The summed E-state index contributed by atoms with van der Waals surface area (Å²) in [6.07, 6.45) is 2.08. The fraction of sp³-hybridized carbons (Fsp3) is 0.556. The van der Waals surface area contributed by atoms with E-state index in [-0.39, 0.29) is 0 Å². The van der Waals surface area contributed by atoms with Gasteiger partial charge in [-0.25, -0.2) is 0 Å². The Morgan fingerprint density at radius 2 is 2.00 bits per heavy atom. The molecule has 0 aliphatic heterocycles. The molecule has 0 atom stereocenters. The average Bonchev–Trinajstić information content (AvgIpc) is 2.10. The van der Waals surface area contributed by atoms with Gasteiger partial charge in [-0.3, -0.25) is 0 Å². The van der Waals surface area contributed by atoms with E-state index in [1.165, 1.54) is 11.3 Å². The largest absolute Gasteiger partial charge is 0.365 e. The molecule has 2 heteroatoms. The molecule has 2 nitrogen and oxygen atoms in total. The molecule has 0 unspecified atom stereocenters. The molecule has 0 fully saturated rings. The summed E-state index contributed by atoms with van der Waals surface area (Å²) in [5, 5.41) is 0. The Kier molecular flexibility index (Phi) is 2.05. The lowest BCUT2D eigenvalue weighted by Gasteiger charge is -2.22. The summed E-state index contributed by atoms with van der Waals surface area (Å²) in [6.45, 7) is 3.17. The van der Waals surface area contributed by atoms with Crippen LogP contribution in [0.15, 0.2) is 12.3 Å². The predicted octanol–water partition coefficient (Wildman–Crippen LogP) is 1.53. The number of rotatable bonds is 2. The van der Waals surface area contributed by atoms with Crippen LogP contribution in [0.1, 0.15) is 11.3 Å². The molecule has 0 aliphatic carbocycles. The lowest BCUT2D eigenvalue weighted by atomic mass is 10.3. The number of hydrogen-bond acceptors (Lipinski definition) is 0. The molecule has 0 aromatic carbocycles.